The lowest BCUT2D eigenvalue weighted by molar-refractivity contribution is -0.384. The number of hydrogen-bond donors (Lipinski definition) is 1. The summed E-state index contributed by atoms with van der Waals surface area (Å²) < 4.78 is 11.5. The molecule has 0 unspecified atom stereocenters. The topological polar surface area (TPSA) is 111 Å². The third-order valence-electron chi connectivity index (χ3n) is 5.27. The number of non-ortho nitro benzene ring substituents is 1. The van der Waals surface area contributed by atoms with Gasteiger partial charge in [0.25, 0.3) is 11.6 Å². The normalized spacial score (nSPS) is 11.0. The molecule has 0 aliphatic carbocycles. The third kappa shape index (κ3) is 4.14. The first kappa shape index (κ1) is 21.4. The van der Waals surface area contributed by atoms with Gasteiger partial charge in [0.2, 0.25) is 5.89 Å². The van der Waals surface area contributed by atoms with Gasteiger partial charge in [-0.25, -0.2) is 4.98 Å². The van der Waals surface area contributed by atoms with Crippen LogP contribution in [0.4, 0.5) is 11.4 Å². The SMILES string of the molecule is Cc1ccc(-c2nc3cc(Cl)ccc3o2)cc1NC(=O)c1ccc(-c2ccc([N+](=O)[O-])cc2)o1. The summed E-state index contributed by atoms with van der Waals surface area (Å²) in [5.41, 5.74) is 3.97. The lowest BCUT2D eigenvalue weighted by atomic mass is 10.1. The van der Waals surface area contributed by atoms with E-state index in [9.17, 15) is 14.9 Å². The molecule has 0 bridgehead atoms. The maximum atomic E-state index is 12.8. The van der Waals surface area contributed by atoms with E-state index in [-0.39, 0.29) is 11.4 Å². The summed E-state index contributed by atoms with van der Waals surface area (Å²) in [6.07, 6.45) is 0. The minimum Gasteiger partial charge on any atom is -0.451 e. The number of amides is 1. The van der Waals surface area contributed by atoms with Crippen molar-refractivity contribution in [2.45, 2.75) is 6.92 Å². The molecule has 2 heterocycles. The number of anilines is 1. The van der Waals surface area contributed by atoms with Gasteiger partial charge in [-0.3, -0.25) is 14.9 Å². The van der Waals surface area contributed by atoms with Gasteiger partial charge in [-0.05, 0) is 67.1 Å². The van der Waals surface area contributed by atoms with E-state index < -0.39 is 10.8 Å². The minimum atomic E-state index is -0.475. The summed E-state index contributed by atoms with van der Waals surface area (Å²) in [6.45, 7) is 1.87. The van der Waals surface area contributed by atoms with Crippen LogP contribution >= 0.6 is 11.6 Å². The van der Waals surface area contributed by atoms with Crippen molar-refractivity contribution in [3.63, 3.8) is 0 Å². The Hall–Kier alpha value is -4.43. The van der Waals surface area contributed by atoms with Crippen molar-refractivity contribution in [1.29, 1.82) is 0 Å². The quantitative estimate of drug-likeness (QED) is 0.220. The second-order valence-electron chi connectivity index (χ2n) is 7.58. The molecule has 9 heteroatoms. The number of nitro groups is 1. The molecule has 0 aliphatic rings. The smallest absolute Gasteiger partial charge is 0.291 e. The Morgan fingerprint density at radius 1 is 0.971 bits per heavy atom. The van der Waals surface area contributed by atoms with E-state index in [0.29, 0.717) is 44.6 Å². The van der Waals surface area contributed by atoms with Crippen LogP contribution in [0.5, 0.6) is 0 Å². The van der Waals surface area contributed by atoms with Crippen molar-refractivity contribution < 1.29 is 18.6 Å². The van der Waals surface area contributed by atoms with Crippen LogP contribution in [0.2, 0.25) is 5.02 Å². The molecule has 2 aromatic heterocycles. The highest BCUT2D eigenvalue weighted by molar-refractivity contribution is 6.31. The molecule has 8 nitrogen and oxygen atoms in total. The average Bonchev–Trinajstić information content (AvgIpc) is 3.48. The largest absolute Gasteiger partial charge is 0.451 e. The predicted octanol–water partition coefficient (Wildman–Crippen LogP) is 6.88. The standard InChI is InChI=1S/C25H16ClN3O5/c1-14-2-3-16(25-28-20-13-17(26)6-9-22(20)34-25)12-19(14)27-24(30)23-11-10-21(33-23)15-4-7-18(8-5-15)29(31)32/h2-13H,1H3,(H,27,30). The van der Waals surface area contributed by atoms with Crippen molar-refractivity contribution >= 4 is 40.0 Å². The molecule has 5 aromatic rings. The first-order valence-electron chi connectivity index (χ1n) is 10.2. The van der Waals surface area contributed by atoms with Gasteiger partial charge in [-0.1, -0.05) is 17.7 Å². The van der Waals surface area contributed by atoms with Crippen LogP contribution in [0, 0.1) is 17.0 Å². The Morgan fingerprint density at radius 2 is 1.74 bits per heavy atom. The second-order valence-corrected chi connectivity index (χ2v) is 8.02. The molecule has 5 rings (SSSR count). The van der Waals surface area contributed by atoms with Crippen LogP contribution in [-0.2, 0) is 0 Å². The van der Waals surface area contributed by atoms with Crippen molar-refractivity contribution in [2.75, 3.05) is 5.32 Å². The van der Waals surface area contributed by atoms with E-state index in [0.717, 1.165) is 5.56 Å². The van der Waals surface area contributed by atoms with E-state index in [1.54, 1.807) is 48.5 Å². The number of carbonyl (C=O) groups excluding carboxylic acids is 1. The lowest BCUT2D eigenvalue weighted by Crippen LogP contribution is -2.11. The van der Waals surface area contributed by atoms with Crippen LogP contribution in [0.25, 0.3) is 33.9 Å². The summed E-state index contributed by atoms with van der Waals surface area (Å²) in [5.74, 6) is 0.509. The fourth-order valence-electron chi connectivity index (χ4n) is 3.46. The Labute approximate surface area is 197 Å². The fraction of sp³-hybridized carbons (Fsp3) is 0.0400. The van der Waals surface area contributed by atoms with Gasteiger partial charge in [0.1, 0.15) is 11.3 Å². The zero-order chi connectivity index (χ0) is 23.8. The number of rotatable bonds is 5. The molecule has 0 aliphatic heterocycles. The highest BCUT2D eigenvalue weighted by Crippen LogP contribution is 2.30. The van der Waals surface area contributed by atoms with Gasteiger partial charge in [-0.2, -0.15) is 0 Å². The molecule has 34 heavy (non-hydrogen) atoms. The van der Waals surface area contributed by atoms with Crippen LogP contribution < -0.4 is 5.32 Å². The van der Waals surface area contributed by atoms with E-state index in [1.807, 2.05) is 19.1 Å². The Balaban J connectivity index is 1.38. The number of hydrogen-bond acceptors (Lipinski definition) is 6. The van der Waals surface area contributed by atoms with Gasteiger partial charge < -0.3 is 14.2 Å². The fourth-order valence-corrected chi connectivity index (χ4v) is 3.63. The number of benzene rings is 3. The summed E-state index contributed by atoms with van der Waals surface area (Å²) in [7, 11) is 0. The van der Waals surface area contributed by atoms with Gasteiger partial charge >= 0.3 is 0 Å². The molecule has 168 valence electrons. The van der Waals surface area contributed by atoms with E-state index in [4.69, 9.17) is 20.4 Å². The molecule has 0 saturated carbocycles. The summed E-state index contributed by atoms with van der Waals surface area (Å²) in [4.78, 5) is 27.7. The predicted molar refractivity (Wildman–Crippen MR) is 128 cm³/mol. The minimum absolute atomic E-state index is 0.0225. The van der Waals surface area contributed by atoms with Gasteiger partial charge in [0, 0.05) is 34.0 Å². The van der Waals surface area contributed by atoms with E-state index in [2.05, 4.69) is 10.3 Å². The van der Waals surface area contributed by atoms with Crippen LogP contribution in [0.15, 0.2) is 81.6 Å². The maximum Gasteiger partial charge on any atom is 0.291 e. The number of nitrogens with zero attached hydrogens (tertiary/aromatic N) is 2. The molecule has 0 saturated heterocycles. The zero-order valence-corrected chi connectivity index (χ0v) is 18.5. The first-order valence-corrected chi connectivity index (χ1v) is 10.6. The average molecular weight is 474 g/mol. The molecule has 0 atom stereocenters. The van der Waals surface area contributed by atoms with Crippen molar-refractivity contribution in [3.05, 3.63) is 99.3 Å². The van der Waals surface area contributed by atoms with E-state index >= 15 is 0 Å². The Bertz CT molecular complexity index is 1550. The van der Waals surface area contributed by atoms with Crippen molar-refractivity contribution in [3.8, 4) is 22.8 Å². The van der Waals surface area contributed by atoms with Crippen LogP contribution in [0.3, 0.4) is 0 Å². The van der Waals surface area contributed by atoms with Gasteiger partial charge in [-0.15, -0.1) is 0 Å². The maximum absolute atomic E-state index is 12.8. The van der Waals surface area contributed by atoms with Crippen molar-refractivity contribution in [2.24, 2.45) is 0 Å². The molecule has 0 radical (unpaired) electrons. The van der Waals surface area contributed by atoms with E-state index in [1.165, 1.54) is 12.1 Å². The van der Waals surface area contributed by atoms with Crippen LogP contribution in [-0.4, -0.2) is 15.8 Å². The monoisotopic (exact) mass is 473 g/mol. The number of nitrogens with one attached hydrogen (secondary N) is 1. The second kappa shape index (κ2) is 8.49. The molecule has 1 N–H and O–H groups in total. The number of aromatic nitrogens is 1. The molecular weight excluding hydrogens is 458 g/mol. The number of aryl methyl sites for hydroxylation is 1. The van der Waals surface area contributed by atoms with Crippen LogP contribution in [0.1, 0.15) is 16.1 Å². The molecule has 3 aromatic carbocycles. The van der Waals surface area contributed by atoms with Gasteiger partial charge in [0.15, 0.2) is 11.3 Å². The number of fused-ring (bicyclic) bond motifs is 1. The summed E-state index contributed by atoms with van der Waals surface area (Å²) in [5, 5.41) is 14.3. The number of furan rings is 1. The highest BCUT2D eigenvalue weighted by atomic mass is 35.5. The number of oxazole rings is 1. The Morgan fingerprint density at radius 3 is 2.50 bits per heavy atom. The number of halogens is 1. The molecule has 1 amide bonds. The lowest BCUT2D eigenvalue weighted by Gasteiger charge is -2.08. The zero-order valence-electron chi connectivity index (χ0n) is 17.7. The third-order valence-corrected chi connectivity index (χ3v) is 5.51. The number of nitro benzene ring substituents is 1. The molecular formula is C25H16ClN3O5. The summed E-state index contributed by atoms with van der Waals surface area (Å²) >= 11 is 6.03. The Kier molecular flexibility index (Phi) is 5.35. The first-order chi connectivity index (χ1) is 16.4. The highest BCUT2D eigenvalue weighted by Gasteiger charge is 2.16. The van der Waals surface area contributed by atoms with Gasteiger partial charge in [0.05, 0.1) is 4.92 Å². The summed E-state index contributed by atoms with van der Waals surface area (Å²) in [6, 6.07) is 19.8. The van der Waals surface area contributed by atoms with Crippen molar-refractivity contribution in [1.82, 2.24) is 4.98 Å². The molecule has 0 spiro atoms. The number of carbonyl (C=O) groups is 1. The molecule has 0 fully saturated rings.